The molecule has 2 rings (SSSR count). The normalized spacial score (nSPS) is 12.8. The molecule has 84 valence electrons. The highest BCUT2D eigenvalue weighted by Gasteiger charge is 2.19. The summed E-state index contributed by atoms with van der Waals surface area (Å²) in [5.74, 6) is -1.55. The summed E-state index contributed by atoms with van der Waals surface area (Å²) in [6, 6.07) is 6.51. The van der Waals surface area contributed by atoms with Gasteiger partial charge >= 0.3 is 5.97 Å². The number of nitrogens with one attached hydrogen (secondary N) is 1. The Labute approximate surface area is 91.5 Å². The molecule has 0 fully saturated rings. The Morgan fingerprint density at radius 3 is 2.81 bits per heavy atom. The highest BCUT2D eigenvalue weighted by molar-refractivity contribution is 5.85. The average Bonchev–Trinajstić information content (AvgIpc) is 2.60. The number of aromatic hydroxyl groups is 1. The molecule has 1 unspecified atom stereocenters. The number of carboxylic acid groups (broad SMARTS) is 1. The van der Waals surface area contributed by atoms with E-state index in [0.29, 0.717) is 5.69 Å². The van der Waals surface area contributed by atoms with E-state index >= 15 is 0 Å². The van der Waals surface area contributed by atoms with Gasteiger partial charge in [-0.3, -0.25) is 4.79 Å². The van der Waals surface area contributed by atoms with Gasteiger partial charge in [-0.2, -0.15) is 0 Å². The Morgan fingerprint density at radius 2 is 2.19 bits per heavy atom. The Kier molecular flexibility index (Phi) is 2.54. The van der Waals surface area contributed by atoms with Crippen molar-refractivity contribution in [1.29, 1.82) is 0 Å². The molecule has 5 heteroatoms. The van der Waals surface area contributed by atoms with Crippen molar-refractivity contribution < 1.29 is 15.0 Å². The molecular weight excluding hydrogens is 208 g/mol. The van der Waals surface area contributed by atoms with Gasteiger partial charge < -0.3 is 20.9 Å². The van der Waals surface area contributed by atoms with Crippen LogP contribution in [0.1, 0.15) is 11.6 Å². The van der Waals surface area contributed by atoms with Crippen LogP contribution in [0.3, 0.4) is 0 Å². The Balaban J connectivity index is 2.49. The third kappa shape index (κ3) is 1.72. The minimum atomic E-state index is -0.960. The summed E-state index contributed by atoms with van der Waals surface area (Å²) in [5, 5.41) is 19.0. The van der Waals surface area contributed by atoms with E-state index in [4.69, 9.17) is 10.8 Å². The number of phenols is 1. The van der Waals surface area contributed by atoms with Crippen LogP contribution < -0.4 is 5.73 Å². The van der Waals surface area contributed by atoms with Crippen LogP contribution >= 0.6 is 0 Å². The quantitative estimate of drug-likeness (QED) is 0.620. The van der Waals surface area contributed by atoms with Crippen LogP contribution in [-0.4, -0.2) is 27.7 Å². The average molecular weight is 220 g/mol. The van der Waals surface area contributed by atoms with E-state index in [0.717, 1.165) is 10.9 Å². The van der Waals surface area contributed by atoms with Gasteiger partial charge in [-0.25, -0.2) is 0 Å². The Bertz CT molecular complexity index is 533. The molecule has 1 atom stereocenters. The molecule has 0 amide bonds. The number of hydrogen-bond acceptors (Lipinski definition) is 3. The zero-order valence-corrected chi connectivity index (χ0v) is 8.47. The van der Waals surface area contributed by atoms with Crippen LogP contribution in [0.5, 0.6) is 5.75 Å². The largest absolute Gasteiger partial charge is 0.508 e. The van der Waals surface area contributed by atoms with Gasteiger partial charge in [0.25, 0.3) is 0 Å². The van der Waals surface area contributed by atoms with Crippen LogP contribution in [-0.2, 0) is 4.79 Å². The second-order valence-corrected chi connectivity index (χ2v) is 3.62. The van der Waals surface area contributed by atoms with Crippen LogP contribution in [0.2, 0.25) is 0 Å². The van der Waals surface area contributed by atoms with Gasteiger partial charge in [-0.1, -0.05) is 0 Å². The molecule has 0 radical (unpaired) electrons. The predicted molar refractivity (Wildman–Crippen MR) is 59.4 cm³/mol. The van der Waals surface area contributed by atoms with Crippen molar-refractivity contribution in [3.05, 3.63) is 30.0 Å². The molecule has 5 nitrogen and oxygen atoms in total. The molecule has 2 aromatic rings. The number of phenolic OH excluding ortho intramolecular Hbond substituents is 1. The van der Waals surface area contributed by atoms with E-state index < -0.39 is 11.9 Å². The summed E-state index contributed by atoms with van der Waals surface area (Å²) >= 11 is 0. The molecule has 1 aromatic carbocycles. The summed E-state index contributed by atoms with van der Waals surface area (Å²) in [6.45, 7) is 0.0359. The van der Waals surface area contributed by atoms with E-state index in [2.05, 4.69) is 4.98 Å². The van der Waals surface area contributed by atoms with Crippen LogP contribution in [0.25, 0.3) is 10.9 Å². The fraction of sp³-hybridized carbons (Fsp3) is 0.182. The molecule has 0 bridgehead atoms. The lowest BCUT2D eigenvalue weighted by Gasteiger charge is -2.05. The van der Waals surface area contributed by atoms with Gasteiger partial charge in [0, 0.05) is 23.1 Å². The van der Waals surface area contributed by atoms with Gasteiger partial charge in [0.15, 0.2) is 0 Å². The topological polar surface area (TPSA) is 99.3 Å². The maximum absolute atomic E-state index is 10.9. The van der Waals surface area contributed by atoms with E-state index in [1.54, 1.807) is 24.3 Å². The first-order valence-electron chi connectivity index (χ1n) is 4.86. The lowest BCUT2D eigenvalue weighted by atomic mass is 10.1. The van der Waals surface area contributed by atoms with E-state index in [9.17, 15) is 9.90 Å². The molecule has 16 heavy (non-hydrogen) atoms. The molecule has 0 saturated heterocycles. The van der Waals surface area contributed by atoms with Crippen LogP contribution in [0, 0.1) is 0 Å². The number of benzene rings is 1. The number of fused-ring (bicyclic) bond motifs is 1. The molecule has 0 spiro atoms. The lowest BCUT2D eigenvalue weighted by Crippen LogP contribution is -2.21. The number of aromatic amines is 1. The number of rotatable bonds is 3. The second kappa shape index (κ2) is 3.86. The Hall–Kier alpha value is -2.01. The number of carboxylic acids is 1. The maximum atomic E-state index is 10.9. The molecule has 0 aliphatic carbocycles. The number of hydrogen-bond donors (Lipinski definition) is 4. The number of carbonyl (C=O) groups is 1. The molecule has 5 N–H and O–H groups in total. The molecule has 0 aliphatic heterocycles. The minimum absolute atomic E-state index is 0.0359. The van der Waals surface area contributed by atoms with Crippen molar-refractivity contribution in [1.82, 2.24) is 4.98 Å². The van der Waals surface area contributed by atoms with E-state index in [1.165, 1.54) is 0 Å². The van der Waals surface area contributed by atoms with Gasteiger partial charge in [0.05, 0.1) is 0 Å². The standard InChI is InChI=1S/C11H12N2O3/c12-5-8(11(15)16)10-4-6-3-7(14)1-2-9(6)13-10/h1-4,8,13-14H,5,12H2,(H,15,16). The van der Waals surface area contributed by atoms with Crippen LogP contribution in [0.4, 0.5) is 0 Å². The zero-order valence-electron chi connectivity index (χ0n) is 8.47. The molecule has 0 saturated carbocycles. The third-order valence-corrected chi connectivity index (χ3v) is 2.53. The van der Waals surface area contributed by atoms with Crippen molar-refractivity contribution in [2.75, 3.05) is 6.54 Å². The summed E-state index contributed by atoms with van der Waals surface area (Å²) in [5.41, 5.74) is 6.74. The highest BCUT2D eigenvalue weighted by atomic mass is 16.4. The molecule has 1 heterocycles. The fourth-order valence-electron chi connectivity index (χ4n) is 1.69. The van der Waals surface area contributed by atoms with E-state index in [1.807, 2.05) is 0 Å². The maximum Gasteiger partial charge on any atom is 0.313 e. The van der Waals surface area contributed by atoms with Gasteiger partial charge in [-0.15, -0.1) is 0 Å². The summed E-state index contributed by atoms with van der Waals surface area (Å²) in [4.78, 5) is 13.9. The number of aromatic nitrogens is 1. The Morgan fingerprint density at radius 1 is 1.44 bits per heavy atom. The predicted octanol–water partition coefficient (Wildman–Crippen LogP) is 1.00. The number of H-pyrrole nitrogens is 1. The van der Waals surface area contributed by atoms with Crippen molar-refractivity contribution in [3.8, 4) is 5.75 Å². The first-order valence-corrected chi connectivity index (χ1v) is 4.86. The zero-order chi connectivity index (χ0) is 11.7. The lowest BCUT2D eigenvalue weighted by molar-refractivity contribution is -0.138. The van der Waals surface area contributed by atoms with E-state index in [-0.39, 0.29) is 12.3 Å². The molecule has 0 aliphatic rings. The van der Waals surface area contributed by atoms with Crippen molar-refractivity contribution in [2.24, 2.45) is 5.73 Å². The number of nitrogens with two attached hydrogens (primary N) is 1. The summed E-state index contributed by atoms with van der Waals surface area (Å²) in [6.07, 6.45) is 0. The number of aliphatic carboxylic acids is 1. The fourth-order valence-corrected chi connectivity index (χ4v) is 1.69. The van der Waals surface area contributed by atoms with Gasteiger partial charge in [0.2, 0.25) is 0 Å². The molecular formula is C11H12N2O3. The van der Waals surface area contributed by atoms with Gasteiger partial charge in [-0.05, 0) is 24.3 Å². The minimum Gasteiger partial charge on any atom is -0.508 e. The van der Waals surface area contributed by atoms with Crippen molar-refractivity contribution in [2.45, 2.75) is 5.92 Å². The second-order valence-electron chi connectivity index (χ2n) is 3.62. The third-order valence-electron chi connectivity index (χ3n) is 2.53. The smallest absolute Gasteiger partial charge is 0.313 e. The first kappa shape index (κ1) is 10.5. The monoisotopic (exact) mass is 220 g/mol. The molecule has 1 aromatic heterocycles. The highest BCUT2D eigenvalue weighted by Crippen LogP contribution is 2.24. The first-order chi connectivity index (χ1) is 7.61. The summed E-state index contributed by atoms with van der Waals surface area (Å²) < 4.78 is 0. The van der Waals surface area contributed by atoms with Crippen molar-refractivity contribution in [3.63, 3.8) is 0 Å². The van der Waals surface area contributed by atoms with Gasteiger partial charge in [0.1, 0.15) is 11.7 Å². The summed E-state index contributed by atoms with van der Waals surface area (Å²) in [7, 11) is 0. The SMILES string of the molecule is NCC(C(=O)O)c1cc2cc(O)ccc2[nH]1. The van der Waals surface area contributed by atoms with Crippen LogP contribution in [0.15, 0.2) is 24.3 Å². The van der Waals surface area contributed by atoms with Crippen molar-refractivity contribution >= 4 is 16.9 Å².